The molecule has 0 amide bonds. The SMILES string of the molecule is CNCc1nc(-c2sccc2C)sc1Br. The molecule has 0 radical (unpaired) electrons. The third-order valence-electron chi connectivity index (χ3n) is 2.05. The van der Waals surface area contributed by atoms with Crippen molar-refractivity contribution in [3.05, 3.63) is 26.5 Å². The van der Waals surface area contributed by atoms with Crippen LogP contribution in [0.4, 0.5) is 0 Å². The first-order chi connectivity index (χ1) is 7.22. The van der Waals surface area contributed by atoms with Crippen LogP contribution in [0.15, 0.2) is 15.2 Å². The standard InChI is InChI=1S/C10H11BrN2S2/c1-6-3-4-14-8(6)10-13-7(5-12-2)9(11)15-10/h3-4,12H,5H2,1-2H3. The fourth-order valence-electron chi connectivity index (χ4n) is 1.30. The Hall–Kier alpha value is -0.230. The monoisotopic (exact) mass is 302 g/mol. The van der Waals surface area contributed by atoms with Gasteiger partial charge in [-0.3, -0.25) is 0 Å². The Morgan fingerprint density at radius 1 is 1.53 bits per heavy atom. The summed E-state index contributed by atoms with van der Waals surface area (Å²) in [5.41, 5.74) is 2.39. The first-order valence-electron chi connectivity index (χ1n) is 4.56. The summed E-state index contributed by atoms with van der Waals surface area (Å²) >= 11 is 7.00. The van der Waals surface area contributed by atoms with Gasteiger partial charge in [-0.1, -0.05) is 0 Å². The number of nitrogens with zero attached hydrogens (tertiary/aromatic N) is 1. The summed E-state index contributed by atoms with van der Waals surface area (Å²) in [6.45, 7) is 2.93. The van der Waals surface area contributed by atoms with Gasteiger partial charge in [0.25, 0.3) is 0 Å². The van der Waals surface area contributed by atoms with E-state index >= 15 is 0 Å². The van der Waals surface area contributed by atoms with Crippen LogP contribution in [0.3, 0.4) is 0 Å². The molecule has 0 aliphatic carbocycles. The van der Waals surface area contributed by atoms with Crippen molar-refractivity contribution in [3.8, 4) is 9.88 Å². The Balaban J connectivity index is 2.38. The first kappa shape index (κ1) is 11.3. The Kier molecular flexibility index (Phi) is 3.56. The van der Waals surface area contributed by atoms with Crippen molar-refractivity contribution < 1.29 is 0 Å². The van der Waals surface area contributed by atoms with Crippen molar-refractivity contribution in [2.24, 2.45) is 0 Å². The summed E-state index contributed by atoms with van der Waals surface area (Å²) in [5, 5.41) is 6.34. The second kappa shape index (κ2) is 4.74. The maximum absolute atomic E-state index is 4.62. The average Bonchev–Trinajstić information content (AvgIpc) is 2.75. The number of halogens is 1. The molecule has 2 heterocycles. The molecule has 2 aromatic rings. The second-order valence-electron chi connectivity index (χ2n) is 3.20. The number of hydrogen-bond acceptors (Lipinski definition) is 4. The highest BCUT2D eigenvalue weighted by atomic mass is 79.9. The molecule has 0 saturated heterocycles. The molecule has 2 nitrogen and oxygen atoms in total. The van der Waals surface area contributed by atoms with E-state index in [9.17, 15) is 0 Å². The van der Waals surface area contributed by atoms with Crippen LogP contribution in [-0.4, -0.2) is 12.0 Å². The van der Waals surface area contributed by atoms with Crippen LogP contribution >= 0.6 is 38.6 Å². The zero-order chi connectivity index (χ0) is 10.8. The van der Waals surface area contributed by atoms with E-state index in [-0.39, 0.29) is 0 Å². The van der Waals surface area contributed by atoms with Gasteiger partial charge >= 0.3 is 0 Å². The third-order valence-corrected chi connectivity index (χ3v) is 5.05. The molecule has 0 unspecified atom stereocenters. The van der Waals surface area contributed by atoms with Crippen LogP contribution in [0.1, 0.15) is 11.3 Å². The topological polar surface area (TPSA) is 24.9 Å². The van der Waals surface area contributed by atoms with Gasteiger partial charge in [-0.2, -0.15) is 0 Å². The van der Waals surface area contributed by atoms with E-state index in [1.54, 1.807) is 22.7 Å². The van der Waals surface area contributed by atoms with Crippen LogP contribution in [0.5, 0.6) is 0 Å². The molecule has 0 aliphatic heterocycles. The van der Waals surface area contributed by atoms with Crippen LogP contribution < -0.4 is 5.32 Å². The van der Waals surface area contributed by atoms with E-state index in [4.69, 9.17) is 0 Å². The van der Waals surface area contributed by atoms with Crippen molar-refractivity contribution in [3.63, 3.8) is 0 Å². The zero-order valence-corrected chi connectivity index (χ0v) is 11.7. The minimum atomic E-state index is 0.807. The summed E-state index contributed by atoms with van der Waals surface area (Å²) in [6, 6.07) is 2.13. The lowest BCUT2D eigenvalue weighted by molar-refractivity contribution is 0.795. The number of hydrogen-bond donors (Lipinski definition) is 1. The van der Waals surface area contributed by atoms with E-state index < -0.39 is 0 Å². The smallest absolute Gasteiger partial charge is 0.135 e. The Labute approximate surface area is 106 Å². The lowest BCUT2D eigenvalue weighted by atomic mass is 10.3. The summed E-state index contributed by atoms with van der Waals surface area (Å²) < 4.78 is 1.12. The average molecular weight is 303 g/mol. The molecule has 0 fully saturated rings. The molecule has 0 aromatic carbocycles. The second-order valence-corrected chi connectivity index (χ2v) is 6.44. The molecule has 0 aliphatic rings. The van der Waals surface area contributed by atoms with Gasteiger partial charge in [-0.15, -0.1) is 22.7 Å². The minimum Gasteiger partial charge on any atom is -0.314 e. The Morgan fingerprint density at radius 2 is 2.33 bits per heavy atom. The zero-order valence-electron chi connectivity index (χ0n) is 8.50. The third kappa shape index (κ3) is 2.30. The van der Waals surface area contributed by atoms with Crippen molar-refractivity contribution >= 4 is 38.6 Å². The molecule has 1 N–H and O–H groups in total. The minimum absolute atomic E-state index is 0.807. The van der Waals surface area contributed by atoms with Crippen molar-refractivity contribution in [2.45, 2.75) is 13.5 Å². The van der Waals surface area contributed by atoms with Crippen LogP contribution in [0, 0.1) is 6.92 Å². The summed E-state index contributed by atoms with van der Waals surface area (Å²) in [6.07, 6.45) is 0. The fraction of sp³-hybridized carbons (Fsp3) is 0.300. The molecule has 2 rings (SSSR count). The van der Waals surface area contributed by atoms with E-state index in [1.165, 1.54) is 10.4 Å². The molecule has 2 aromatic heterocycles. The Bertz CT molecular complexity index is 462. The van der Waals surface area contributed by atoms with E-state index in [1.807, 2.05) is 7.05 Å². The van der Waals surface area contributed by atoms with Crippen molar-refractivity contribution in [1.29, 1.82) is 0 Å². The highest BCUT2D eigenvalue weighted by Crippen LogP contribution is 2.36. The number of aryl methyl sites for hydroxylation is 1. The molecule has 0 bridgehead atoms. The van der Waals surface area contributed by atoms with Gasteiger partial charge in [0.1, 0.15) is 5.01 Å². The van der Waals surface area contributed by atoms with Gasteiger partial charge < -0.3 is 5.32 Å². The van der Waals surface area contributed by atoms with Crippen LogP contribution in [-0.2, 0) is 6.54 Å². The van der Waals surface area contributed by atoms with Crippen LogP contribution in [0.25, 0.3) is 9.88 Å². The number of aromatic nitrogens is 1. The number of thiophene rings is 1. The van der Waals surface area contributed by atoms with Gasteiger partial charge in [-0.05, 0) is 46.9 Å². The molecule has 0 atom stereocenters. The molecular formula is C10H11BrN2S2. The molecular weight excluding hydrogens is 292 g/mol. The predicted octanol–water partition coefficient (Wildman–Crippen LogP) is 3.66. The van der Waals surface area contributed by atoms with Crippen molar-refractivity contribution in [2.75, 3.05) is 7.05 Å². The number of thiazole rings is 1. The maximum atomic E-state index is 4.62. The number of nitrogens with one attached hydrogen (secondary N) is 1. The maximum Gasteiger partial charge on any atom is 0.135 e. The molecule has 0 saturated carbocycles. The summed E-state index contributed by atoms with van der Waals surface area (Å²) in [7, 11) is 1.93. The Morgan fingerprint density at radius 3 is 2.93 bits per heavy atom. The van der Waals surface area contributed by atoms with Gasteiger partial charge in [0.05, 0.1) is 14.4 Å². The molecule has 0 spiro atoms. The van der Waals surface area contributed by atoms with Crippen LogP contribution in [0.2, 0.25) is 0 Å². The van der Waals surface area contributed by atoms with Gasteiger partial charge in [0.2, 0.25) is 0 Å². The quantitative estimate of drug-likeness (QED) is 0.936. The fourth-order valence-corrected chi connectivity index (χ4v) is 3.88. The van der Waals surface area contributed by atoms with E-state index in [0.29, 0.717) is 0 Å². The highest BCUT2D eigenvalue weighted by Gasteiger charge is 2.12. The van der Waals surface area contributed by atoms with Gasteiger partial charge in [0, 0.05) is 6.54 Å². The van der Waals surface area contributed by atoms with Crippen molar-refractivity contribution in [1.82, 2.24) is 10.3 Å². The summed E-state index contributed by atoms with van der Waals surface area (Å²) in [4.78, 5) is 5.90. The van der Waals surface area contributed by atoms with Gasteiger partial charge in [0.15, 0.2) is 0 Å². The number of rotatable bonds is 3. The molecule has 15 heavy (non-hydrogen) atoms. The molecule has 5 heteroatoms. The lowest BCUT2D eigenvalue weighted by Gasteiger charge is -1.93. The van der Waals surface area contributed by atoms with Gasteiger partial charge in [-0.25, -0.2) is 4.98 Å². The van der Waals surface area contributed by atoms with E-state index in [2.05, 4.69) is 44.6 Å². The largest absolute Gasteiger partial charge is 0.314 e. The predicted molar refractivity (Wildman–Crippen MR) is 70.6 cm³/mol. The molecule has 80 valence electrons. The lowest BCUT2D eigenvalue weighted by Crippen LogP contribution is -2.05. The normalized spacial score (nSPS) is 10.9. The first-order valence-corrected chi connectivity index (χ1v) is 7.05. The van der Waals surface area contributed by atoms with E-state index in [0.717, 1.165) is 21.0 Å². The highest BCUT2D eigenvalue weighted by molar-refractivity contribution is 9.11. The summed E-state index contributed by atoms with van der Waals surface area (Å²) in [5.74, 6) is 0.